The summed E-state index contributed by atoms with van der Waals surface area (Å²) in [6.45, 7) is 5.14. The lowest BCUT2D eigenvalue weighted by Crippen LogP contribution is -2.48. The summed E-state index contributed by atoms with van der Waals surface area (Å²) in [5, 5.41) is 0. The number of carbonyl (C=O) groups excluding carboxylic acids is 2. The maximum Gasteiger partial charge on any atom is 0.277 e. The zero-order valence-electron chi connectivity index (χ0n) is 19.4. The number of nitrogens with zero attached hydrogens (tertiary/aromatic N) is 5. The van der Waals surface area contributed by atoms with Crippen molar-refractivity contribution in [2.24, 2.45) is 0 Å². The molecule has 8 heteroatoms. The number of anilines is 1. The lowest BCUT2D eigenvalue weighted by Gasteiger charge is -2.36. The third-order valence-corrected chi connectivity index (χ3v) is 6.19. The van der Waals surface area contributed by atoms with Crippen LogP contribution in [0.1, 0.15) is 38.2 Å². The van der Waals surface area contributed by atoms with Crippen LogP contribution in [0.5, 0.6) is 5.75 Å². The average molecular weight is 450 g/mol. The van der Waals surface area contributed by atoms with Crippen LogP contribution in [-0.4, -0.2) is 71.4 Å². The Labute approximate surface area is 194 Å². The first-order valence-corrected chi connectivity index (χ1v) is 11.7. The van der Waals surface area contributed by atoms with E-state index in [0.717, 1.165) is 25.7 Å². The second kappa shape index (κ2) is 10.5. The molecule has 1 fully saturated rings. The van der Waals surface area contributed by atoms with Crippen molar-refractivity contribution in [3.63, 3.8) is 0 Å². The van der Waals surface area contributed by atoms with Gasteiger partial charge in [-0.2, -0.15) is 0 Å². The molecular formula is C25H31N5O3. The minimum absolute atomic E-state index is 0.207. The van der Waals surface area contributed by atoms with Crippen LogP contribution >= 0.6 is 0 Å². The van der Waals surface area contributed by atoms with Crippen LogP contribution < -0.4 is 9.64 Å². The average Bonchev–Trinajstić information content (AvgIpc) is 3.11. The first-order chi connectivity index (χ1) is 16.2. The van der Waals surface area contributed by atoms with Gasteiger partial charge in [0.2, 0.25) is 5.95 Å². The van der Waals surface area contributed by atoms with Gasteiger partial charge in [-0.15, -0.1) is 0 Å². The maximum absolute atomic E-state index is 13.5. The monoisotopic (exact) mass is 449 g/mol. The molecule has 0 spiro atoms. The SMILES string of the molecule is CCCCCCN1C(=O)C(c2ccccc2OC)=C(N2CCN(c3ncccn3)CC2)C1=O. The molecule has 2 amide bonds. The molecule has 1 aromatic carbocycles. The van der Waals surface area contributed by atoms with Gasteiger partial charge < -0.3 is 14.5 Å². The summed E-state index contributed by atoms with van der Waals surface area (Å²) >= 11 is 0. The molecule has 0 bridgehead atoms. The zero-order valence-corrected chi connectivity index (χ0v) is 19.4. The Kier molecular flexibility index (Phi) is 7.22. The molecule has 2 aromatic rings. The second-order valence-electron chi connectivity index (χ2n) is 8.27. The highest BCUT2D eigenvalue weighted by Gasteiger charge is 2.42. The lowest BCUT2D eigenvalue weighted by molar-refractivity contribution is -0.137. The molecule has 8 nitrogen and oxygen atoms in total. The summed E-state index contributed by atoms with van der Waals surface area (Å²) in [5.74, 6) is 0.837. The number of methoxy groups -OCH3 is 1. The summed E-state index contributed by atoms with van der Waals surface area (Å²) < 4.78 is 5.54. The molecule has 1 saturated heterocycles. The number of aromatic nitrogens is 2. The Bertz CT molecular complexity index is 1020. The molecule has 2 aliphatic heterocycles. The molecule has 0 saturated carbocycles. The summed E-state index contributed by atoms with van der Waals surface area (Å²) in [7, 11) is 1.58. The van der Waals surface area contributed by atoms with E-state index in [2.05, 4.69) is 21.8 Å². The molecular weight excluding hydrogens is 418 g/mol. The molecule has 33 heavy (non-hydrogen) atoms. The van der Waals surface area contributed by atoms with Crippen molar-refractivity contribution in [2.75, 3.05) is 44.7 Å². The molecule has 2 aliphatic rings. The summed E-state index contributed by atoms with van der Waals surface area (Å²) in [6.07, 6.45) is 7.48. The van der Waals surface area contributed by atoms with Crippen LogP contribution in [0.2, 0.25) is 0 Å². The van der Waals surface area contributed by atoms with Crippen molar-refractivity contribution in [2.45, 2.75) is 32.6 Å². The fourth-order valence-electron chi connectivity index (χ4n) is 4.43. The minimum atomic E-state index is -0.232. The number of imide groups is 1. The number of carbonyl (C=O) groups is 2. The normalized spacial score (nSPS) is 16.7. The van der Waals surface area contributed by atoms with Gasteiger partial charge in [0, 0.05) is 50.7 Å². The van der Waals surface area contributed by atoms with E-state index in [4.69, 9.17) is 4.74 Å². The first-order valence-electron chi connectivity index (χ1n) is 11.7. The largest absolute Gasteiger partial charge is 0.496 e. The number of para-hydroxylation sites is 1. The Morgan fingerprint density at radius 2 is 1.58 bits per heavy atom. The highest BCUT2D eigenvalue weighted by Crippen LogP contribution is 2.36. The van der Waals surface area contributed by atoms with E-state index in [1.165, 1.54) is 4.90 Å². The van der Waals surface area contributed by atoms with Crippen LogP contribution in [0.3, 0.4) is 0 Å². The molecule has 0 radical (unpaired) electrons. The Morgan fingerprint density at radius 3 is 2.27 bits per heavy atom. The number of hydrogen-bond donors (Lipinski definition) is 0. The summed E-state index contributed by atoms with van der Waals surface area (Å²) in [5.41, 5.74) is 1.59. The van der Waals surface area contributed by atoms with E-state index < -0.39 is 0 Å². The van der Waals surface area contributed by atoms with Crippen LogP contribution in [0.4, 0.5) is 5.95 Å². The molecule has 0 aliphatic carbocycles. The number of unbranched alkanes of at least 4 members (excludes halogenated alkanes) is 3. The van der Waals surface area contributed by atoms with Gasteiger partial charge in [-0.25, -0.2) is 9.97 Å². The van der Waals surface area contributed by atoms with Gasteiger partial charge in [0.05, 0.1) is 12.7 Å². The van der Waals surface area contributed by atoms with Crippen LogP contribution in [0.15, 0.2) is 48.4 Å². The van der Waals surface area contributed by atoms with Crippen molar-refractivity contribution >= 4 is 23.3 Å². The molecule has 4 rings (SSSR count). The molecule has 0 N–H and O–H groups in total. The van der Waals surface area contributed by atoms with Crippen molar-refractivity contribution in [3.8, 4) is 5.75 Å². The number of amides is 2. The first kappa shape index (κ1) is 22.8. The van der Waals surface area contributed by atoms with Crippen molar-refractivity contribution in [1.82, 2.24) is 19.8 Å². The smallest absolute Gasteiger partial charge is 0.277 e. The molecule has 174 valence electrons. The number of rotatable bonds is 9. The van der Waals surface area contributed by atoms with E-state index in [1.54, 1.807) is 25.6 Å². The maximum atomic E-state index is 13.5. The topological polar surface area (TPSA) is 78.9 Å². The van der Waals surface area contributed by atoms with Crippen molar-refractivity contribution < 1.29 is 14.3 Å². The zero-order chi connectivity index (χ0) is 23.2. The van der Waals surface area contributed by atoms with Gasteiger partial charge in [-0.05, 0) is 18.6 Å². The highest BCUT2D eigenvalue weighted by molar-refractivity contribution is 6.36. The molecule has 1 aromatic heterocycles. The Hall–Kier alpha value is -3.42. The molecule has 0 unspecified atom stereocenters. The Balaban J connectivity index is 1.62. The third kappa shape index (κ3) is 4.69. The van der Waals surface area contributed by atoms with Crippen molar-refractivity contribution in [1.29, 1.82) is 0 Å². The predicted molar refractivity (Wildman–Crippen MR) is 127 cm³/mol. The summed E-state index contributed by atoms with van der Waals surface area (Å²) in [6, 6.07) is 9.21. The van der Waals surface area contributed by atoms with Gasteiger partial charge in [0.1, 0.15) is 11.4 Å². The third-order valence-electron chi connectivity index (χ3n) is 6.19. The van der Waals surface area contributed by atoms with Gasteiger partial charge in [-0.3, -0.25) is 14.5 Å². The number of ether oxygens (including phenoxy) is 1. The number of benzene rings is 1. The van der Waals surface area contributed by atoms with Crippen LogP contribution in [0.25, 0.3) is 5.57 Å². The van der Waals surface area contributed by atoms with Crippen LogP contribution in [-0.2, 0) is 9.59 Å². The van der Waals surface area contributed by atoms with Gasteiger partial charge in [0.15, 0.2) is 0 Å². The lowest BCUT2D eigenvalue weighted by atomic mass is 10.0. The quantitative estimate of drug-likeness (QED) is 0.430. The summed E-state index contributed by atoms with van der Waals surface area (Å²) in [4.78, 5) is 41.3. The molecule has 3 heterocycles. The molecule has 0 atom stereocenters. The Morgan fingerprint density at radius 1 is 0.879 bits per heavy atom. The minimum Gasteiger partial charge on any atom is -0.496 e. The fourth-order valence-corrected chi connectivity index (χ4v) is 4.43. The fraction of sp³-hybridized carbons (Fsp3) is 0.440. The van der Waals surface area contributed by atoms with Crippen LogP contribution in [0, 0.1) is 0 Å². The standard InChI is InChI=1S/C25H31N5O3/c1-3-4-5-8-14-30-23(31)21(19-10-6-7-11-20(19)33-2)22(24(30)32)28-15-17-29(18-16-28)25-26-12-9-13-27-25/h6-7,9-13H,3-5,8,14-18H2,1-2H3. The van der Waals surface area contributed by atoms with Crippen molar-refractivity contribution in [3.05, 3.63) is 54.0 Å². The van der Waals surface area contributed by atoms with E-state index in [9.17, 15) is 9.59 Å². The van der Waals surface area contributed by atoms with Gasteiger partial charge >= 0.3 is 0 Å². The number of piperazine rings is 1. The van der Waals surface area contributed by atoms with E-state index in [1.807, 2.05) is 29.2 Å². The number of hydrogen-bond acceptors (Lipinski definition) is 7. The van der Waals surface area contributed by atoms with Gasteiger partial charge in [-0.1, -0.05) is 44.4 Å². The highest BCUT2D eigenvalue weighted by atomic mass is 16.5. The van der Waals surface area contributed by atoms with E-state index in [0.29, 0.717) is 61.3 Å². The van der Waals surface area contributed by atoms with E-state index >= 15 is 0 Å². The predicted octanol–water partition coefficient (Wildman–Crippen LogP) is 2.97. The van der Waals surface area contributed by atoms with Gasteiger partial charge in [0.25, 0.3) is 11.8 Å². The van der Waals surface area contributed by atoms with E-state index in [-0.39, 0.29) is 11.8 Å². The second-order valence-corrected chi connectivity index (χ2v) is 8.27.